The molecule has 0 aliphatic heterocycles. The minimum Gasteiger partial charge on any atom is -0.354 e. The van der Waals surface area contributed by atoms with Gasteiger partial charge in [0.1, 0.15) is 12.1 Å². The summed E-state index contributed by atoms with van der Waals surface area (Å²) >= 11 is 1.48. The highest BCUT2D eigenvalue weighted by Gasteiger charge is 2.05. The summed E-state index contributed by atoms with van der Waals surface area (Å²) in [6.07, 6.45) is 1.64. The third-order valence-corrected chi connectivity index (χ3v) is 3.39. The lowest BCUT2D eigenvalue weighted by Crippen LogP contribution is -2.01. The van der Waals surface area contributed by atoms with Crippen molar-refractivity contribution in [2.45, 2.75) is 6.54 Å². The molecule has 1 N–H and O–H groups in total. The predicted molar refractivity (Wildman–Crippen MR) is 67.9 cm³/mol. The van der Waals surface area contributed by atoms with Gasteiger partial charge in [-0.3, -0.25) is 4.68 Å². The van der Waals surface area contributed by atoms with Crippen molar-refractivity contribution in [3.8, 4) is 0 Å². The Labute approximate surface area is 106 Å². The van der Waals surface area contributed by atoms with Gasteiger partial charge >= 0.3 is 0 Å². The van der Waals surface area contributed by atoms with E-state index in [0.29, 0.717) is 17.9 Å². The second-order valence-corrected chi connectivity index (χ2v) is 4.85. The lowest BCUT2D eigenvalue weighted by Gasteiger charge is -1.96. The van der Waals surface area contributed by atoms with Crippen LogP contribution in [0.2, 0.25) is 0 Å². The Morgan fingerprint density at radius 2 is 2.33 bits per heavy atom. The molecule has 0 aliphatic rings. The second kappa shape index (κ2) is 4.34. The summed E-state index contributed by atoms with van der Waals surface area (Å²) < 4.78 is 15.6. The van der Waals surface area contributed by atoms with E-state index in [1.807, 2.05) is 7.05 Å². The molecule has 0 spiro atoms. The van der Waals surface area contributed by atoms with Gasteiger partial charge in [0.15, 0.2) is 11.0 Å². The van der Waals surface area contributed by atoms with Crippen molar-refractivity contribution < 1.29 is 4.39 Å². The number of aromatic nitrogens is 4. The minimum atomic E-state index is -0.272. The Kier molecular flexibility index (Phi) is 2.67. The van der Waals surface area contributed by atoms with Gasteiger partial charge in [-0.05, 0) is 12.1 Å². The topological polar surface area (TPSA) is 55.6 Å². The SMILES string of the molecule is Cn1cnc(CNc2nc3cc(F)ccc3s2)n1. The molecule has 0 radical (unpaired) electrons. The molecule has 18 heavy (non-hydrogen) atoms. The number of halogens is 1. The number of benzene rings is 1. The van der Waals surface area contributed by atoms with Crippen LogP contribution in [-0.4, -0.2) is 19.7 Å². The summed E-state index contributed by atoms with van der Waals surface area (Å²) in [5.41, 5.74) is 0.663. The third-order valence-electron chi connectivity index (χ3n) is 2.39. The van der Waals surface area contributed by atoms with Gasteiger partial charge in [0.05, 0.1) is 16.8 Å². The molecule has 0 bridgehead atoms. The minimum absolute atomic E-state index is 0.272. The zero-order valence-electron chi connectivity index (χ0n) is 9.59. The molecule has 0 unspecified atom stereocenters. The normalized spacial score (nSPS) is 11.0. The molecule has 0 amide bonds. The molecule has 3 aromatic rings. The van der Waals surface area contributed by atoms with E-state index in [2.05, 4.69) is 20.4 Å². The maximum atomic E-state index is 13.0. The van der Waals surface area contributed by atoms with Crippen LogP contribution in [0.5, 0.6) is 0 Å². The number of thiazole rings is 1. The fraction of sp³-hybridized carbons (Fsp3) is 0.182. The zero-order chi connectivity index (χ0) is 12.5. The molecule has 0 saturated carbocycles. The molecule has 2 aromatic heterocycles. The first-order valence-electron chi connectivity index (χ1n) is 5.35. The van der Waals surface area contributed by atoms with Gasteiger partial charge in [0.25, 0.3) is 0 Å². The smallest absolute Gasteiger partial charge is 0.184 e. The third kappa shape index (κ3) is 2.17. The van der Waals surface area contributed by atoms with E-state index in [-0.39, 0.29) is 5.82 Å². The molecule has 92 valence electrons. The number of anilines is 1. The number of nitrogens with zero attached hydrogens (tertiary/aromatic N) is 4. The molecule has 0 atom stereocenters. The van der Waals surface area contributed by atoms with Crippen LogP contribution >= 0.6 is 11.3 Å². The van der Waals surface area contributed by atoms with Crippen molar-refractivity contribution in [1.82, 2.24) is 19.7 Å². The van der Waals surface area contributed by atoms with Gasteiger partial charge in [-0.25, -0.2) is 14.4 Å². The molecule has 3 rings (SSSR count). The van der Waals surface area contributed by atoms with Gasteiger partial charge in [-0.1, -0.05) is 11.3 Å². The summed E-state index contributed by atoms with van der Waals surface area (Å²) in [4.78, 5) is 8.41. The van der Waals surface area contributed by atoms with Gasteiger partial charge in [0.2, 0.25) is 0 Å². The van der Waals surface area contributed by atoms with E-state index < -0.39 is 0 Å². The number of hydrogen-bond donors (Lipinski definition) is 1. The van der Waals surface area contributed by atoms with Crippen LogP contribution < -0.4 is 5.32 Å². The molecular weight excluding hydrogens is 253 g/mol. The van der Waals surface area contributed by atoms with Crippen molar-refractivity contribution in [3.63, 3.8) is 0 Å². The van der Waals surface area contributed by atoms with Crippen molar-refractivity contribution in [2.75, 3.05) is 5.32 Å². The largest absolute Gasteiger partial charge is 0.354 e. The van der Waals surface area contributed by atoms with Crippen molar-refractivity contribution >= 4 is 26.7 Å². The molecular formula is C11H10FN5S. The Morgan fingerprint density at radius 1 is 1.44 bits per heavy atom. The van der Waals surface area contributed by atoms with Gasteiger partial charge < -0.3 is 5.32 Å². The molecule has 1 aromatic carbocycles. The van der Waals surface area contributed by atoms with E-state index in [9.17, 15) is 4.39 Å². The predicted octanol–water partition coefficient (Wildman–Crippen LogP) is 2.18. The Hall–Kier alpha value is -2.02. The quantitative estimate of drug-likeness (QED) is 0.787. The van der Waals surface area contributed by atoms with Crippen LogP contribution in [-0.2, 0) is 13.6 Å². The second-order valence-electron chi connectivity index (χ2n) is 3.82. The average molecular weight is 263 g/mol. The summed E-state index contributed by atoms with van der Waals surface area (Å²) in [5, 5.41) is 8.02. The first-order chi connectivity index (χ1) is 8.70. The standard InChI is InChI=1S/C11H10FN5S/c1-17-6-14-10(16-17)5-13-11-15-8-4-7(12)2-3-9(8)18-11/h2-4,6H,5H2,1H3,(H,13,15). The van der Waals surface area contributed by atoms with Gasteiger partial charge in [-0.2, -0.15) is 5.10 Å². The van der Waals surface area contributed by atoms with Crippen molar-refractivity contribution in [1.29, 1.82) is 0 Å². The molecule has 0 aliphatic carbocycles. The Balaban J connectivity index is 1.78. The van der Waals surface area contributed by atoms with E-state index in [1.165, 1.54) is 23.5 Å². The maximum Gasteiger partial charge on any atom is 0.184 e. The fourth-order valence-electron chi connectivity index (χ4n) is 1.60. The summed E-state index contributed by atoms with van der Waals surface area (Å²) in [6, 6.07) is 4.59. The van der Waals surface area contributed by atoms with Crippen LogP contribution in [0, 0.1) is 5.82 Å². The van der Waals surface area contributed by atoms with E-state index in [1.54, 1.807) is 17.1 Å². The number of rotatable bonds is 3. The number of aryl methyl sites for hydroxylation is 1. The van der Waals surface area contributed by atoms with Crippen LogP contribution in [0.1, 0.15) is 5.82 Å². The molecule has 7 heteroatoms. The summed E-state index contributed by atoms with van der Waals surface area (Å²) in [7, 11) is 1.82. The number of nitrogens with one attached hydrogen (secondary N) is 1. The number of fused-ring (bicyclic) bond motifs is 1. The highest BCUT2D eigenvalue weighted by atomic mass is 32.1. The molecule has 0 saturated heterocycles. The van der Waals surface area contributed by atoms with Crippen LogP contribution in [0.25, 0.3) is 10.2 Å². The highest BCUT2D eigenvalue weighted by Crippen LogP contribution is 2.26. The average Bonchev–Trinajstić information content (AvgIpc) is 2.92. The zero-order valence-corrected chi connectivity index (χ0v) is 10.4. The summed E-state index contributed by atoms with van der Waals surface area (Å²) in [6.45, 7) is 0.503. The van der Waals surface area contributed by atoms with Gasteiger partial charge in [0, 0.05) is 13.1 Å². The summed E-state index contributed by atoms with van der Waals surface area (Å²) in [5.74, 6) is 0.425. The Bertz CT molecular complexity index is 690. The maximum absolute atomic E-state index is 13.0. The lowest BCUT2D eigenvalue weighted by atomic mass is 10.3. The van der Waals surface area contributed by atoms with Crippen LogP contribution in [0.4, 0.5) is 9.52 Å². The van der Waals surface area contributed by atoms with E-state index in [0.717, 1.165) is 9.83 Å². The number of hydrogen-bond acceptors (Lipinski definition) is 5. The molecule has 5 nitrogen and oxygen atoms in total. The van der Waals surface area contributed by atoms with Crippen LogP contribution in [0.15, 0.2) is 24.5 Å². The molecule has 0 fully saturated rings. The monoisotopic (exact) mass is 263 g/mol. The Morgan fingerprint density at radius 3 is 3.11 bits per heavy atom. The van der Waals surface area contributed by atoms with Crippen LogP contribution in [0.3, 0.4) is 0 Å². The molecule has 2 heterocycles. The van der Waals surface area contributed by atoms with Gasteiger partial charge in [-0.15, -0.1) is 0 Å². The van der Waals surface area contributed by atoms with Crippen molar-refractivity contribution in [2.24, 2.45) is 7.05 Å². The fourth-order valence-corrected chi connectivity index (χ4v) is 2.44. The van der Waals surface area contributed by atoms with Crippen molar-refractivity contribution in [3.05, 3.63) is 36.2 Å². The van der Waals surface area contributed by atoms with E-state index in [4.69, 9.17) is 0 Å². The highest BCUT2D eigenvalue weighted by molar-refractivity contribution is 7.22. The van der Waals surface area contributed by atoms with E-state index >= 15 is 0 Å². The lowest BCUT2D eigenvalue weighted by molar-refractivity contribution is 0.629. The first kappa shape index (κ1) is 11.1. The first-order valence-corrected chi connectivity index (χ1v) is 6.17.